The highest BCUT2D eigenvalue weighted by Crippen LogP contribution is 2.16. The smallest absolute Gasteiger partial charge is 0.270 e. The Hall–Kier alpha value is -2.43. The molecule has 2 aromatic rings. The molecule has 0 spiro atoms. The standard InChI is InChI=1S/C20H25N3O2/c24-14-18-12-17-10-6-5-9-16(17)8-4-2-1-3-7-11-23-15-21-13-19(23)20(25)22-18/h5-6,9-10,13-15,18H,1-4,7-8,11-12H2,(H,22,25)/t18-/m0/s1. The van der Waals surface area contributed by atoms with Crippen LogP contribution in [0.5, 0.6) is 0 Å². The zero-order valence-corrected chi connectivity index (χ0v) is 14.5. The van der Waals surface area contributed by atoms with Crippen molar-refractivity contribution in [1.29, 1.82) is 0 Å². The molecule has 0 unspecified atom stereocenters. The van der Waals surface area contributed by atoms with Gasteiger partial charge in [-0.3, -0.25) is 4.79 Å². The number of aromatic nitrogens is 2. The number of amides is 1. The number of rotatable bonds is 1. The molecule has 1 aromatic carbocycles. The lowest BCUT2D eigenvalue weighted by atomic mass is 9.96. The van der Waals surface area contributed by atoms with Crippen LogP contribution in [0.25, 0.3) is 0 Å². The number of carbonyl (C=O) groups excluding carboxylic acids is 2. The number of aryl methyl sites for hydroxylation is 2. The van der Waals surface area contributed by atoms with Crippen molar-refractivity contribution in [2.24, 2.45) is 0 Å². The van der Waals surface area contributed by atoms with Gasteiger partial charge < -0.3 is 14.7 Å². The van der Waals surface area contributed by atoms with Crippen LogP contribution >= 0.6 is 0 Å². The third kappa shape index (κ3) is 4.56. The quantitative estimate of drug-likeness (QED) is 0.813. The molecule has 0 radical (unpaired) electrons. The van der Waals surface area contributed by atoms with E-state index in [1.54, 1.807) is 12.5 Å². The number of hydrogen-bond donors (Lipinski definition) is 1. The van der Waals surface area contributed by atoms with E-state index < -0.39 is 6.04 Å². The van der Waals surface area contributed by atoms with Gasteiger partial charge in [0, 0.05) is 6.54 Å². The van der Waals surface area contributed by atoms with Gasteiger partial charge in [0.15, 0.2) is 0 Å². The lowest BCUT2D eigenvalue weighted by Gasteiger charge is -2.16. The molecule has 3 rings (SSSR count). The number of nitrogens with zero attached hydrogens (tertiary/aromatic N) is 2. The molecule has 1 aliphatic rings. The highest BCUT2D eigenvalue weighted by atomic mass is 16.2. The summed E-state index contributed by atoms with van der Waals surface area (Å²) < 4.78 is 1.88. The summed E-state index contributed by atoms with van der Waals surface area (Å²) in [5.74, 6) is -0.234. The predicted molar refractivity (Wildman–Crippen MR) is 96.5 cm³/mol. The van der Waals surface area contributed by atoms with Gasteiger partial charge in [-0.2, -0.15) is 0 Å². The van der Waals surface area contributed by atoms with Crippen molar-refractivity contribution >= 4 is 12.2 Å². The Morgan fingerprint density at radius 1 is 1.08 bits per heavy atom. The molecule has 1 aliphatic heterocycles. The summed E-state index contributed by atoms with van der Waals surface area (Å²) in [6.07, 6.45) is 11.4. The minimum atomic E-state index is -0.526. The fourth-order valence-corrected chi connectivity index (χ4v) is 3.43. The van der Waals surface area contributed by atoms with E-state index >= 15 is 0 Å². The van der Waals surface area contributed by atoms with Crippen LogP contribution < -0.4 is 5.32 Å². The van der Waals surface area contributed by atoms with Gasteiger partial charge in [0.1, 0.15) is 12.0 Å². The van der Waals surface area contributed by atoms with Crippen LogP contribution in [0.3, 0.4) is 0 Å². The van der Waals surface area contributed by atoms with Crippen molar-refractivity contribution in [3.63, 3.8) is 0 Å². The van der Waals surface area contributed by atoms with E-state index in [2.05, 4.69) is 22.4 Å². The second kappa shape index (κ2) is 8.60. The molecule has 5 heteroatoms. The van der Waals surface area contributed by atoms with E-state index in [-0.39, 0.29) is 5.91 Å². The highest BCUT2D eigenvalue weighted by molar-refractivity contribution is 5.94. The van der Waals surface area contributed by atoms with E-state index in [1.165, 1.54) is 18.4 Å². The van der Waals surface area contributed by atoms with Crippen molar-refractivity contribution in [3.8, 4) is 0 Å². The Morgan fingerprint density at radius 2 is 1.84 bits per heavy atom. The molecule has 0 bridgehead atoms. The SMILES string of the molecule is O=C[C@@H]1Cc2ccccc2CCCCCCCn2cncc2C(=O)N1. The van der Waals surface area contributed by atoms with E-state index in [1.807, 2.05) is 16.7 Å². The van der Waals surface area contributed by atoms with Crippen LogP contribution in [0.15, 0.2) is 36.8 Å². The van der Waals surface area contributed by atoms with Gasteiger partial charge in [-0.1, -0.05) is 43.5 Å². The maximum Gasteiger partial charge on any atom is 0.270 e. The molecular weight excluding hydrogens is 314 g/mol. The lowest BCUT2D eigenvalue weighted by Crippen LogP contribution is -2.38. The van der Waals surface area contributed by atoms with E-state index in [9.17, 15) is 9.59 Å². The van der Waals surface area contributed by atoms with Crippen molar-refractivity contribution < 1.29 is 9.59 Å². The Morgan fingerprint density at radius 3 is 2.68 bits per heavy atom. The summed E-state index contributed by atoms with van der Waals surface area (Å²) in [7, 11) is 0. The van der Waals surface area contributed by atoms with Crippen LogP contribution in [0.2, 0.25) is 0 Å². The first-order valence-electron chi connectivity index (χ1n) is 9.11. The number of benzene rings is 1. The monoisotopic (exact) mass is 339 g/mol. The number of carbonyl (C=O) groups is 2. The Bertz CT molecular complexity index is 723. The topological polar surface area (TPSA) is 64.0 Å². The zero-order chi connectivity index (χ0) is 17.5. The summed E-state index contributed by atoms with van der Waals surface area (Å²) >= 11 is 0. The van der Waals surface area contributed by atoms with Crippen molar-refractivity contribution in [2.75, 3.05) is 0 Å². The zero-order valence-electron chi connectivity index (χ0n) is 14.5. The van der Waals surface area contributed by atoms with Crippen LogP contribution in [-0.2, 0) is 24.2 Å². The summed E-state index contributed by atoms with van der Waals surface area (Å²) in [5.41, 5.74) is 2.95. The van der Waals surface area contributed by atoms with Gasteiger partial charge in [-0.25, -0.2) is 4.98 Å². The minimum Gasteiger partial charge on any atom is -0.341 e. The van der Waals surface area contributed by atoms with Gasteiger partial charge >= 0.3 is 0 Å². The van der Waals surface area contributed by atoms with Crippen LogP contribution in [0.4, 0.5) is 0 Å². The number of hydrogen-bond acceptors (Lipinski definition) is 3. The Labute approximate surface area is 148 Å². The molecule has 132 valence electrons. The lowest BCUT2D eigenvalue weighted by molar-refractivity contribution is -0.109. The number of fused-ring (bicyclic) bond motifs is 2. The highest BCUT2D eigenvalue weighted by Gasteiger charge is 2.18. The summed E-state index contributed by atoms with van der Waals surface area (Å²) in [6, 6.07) is 7.69. The Kier molecular flexibility index (Phi) is 5.99. The molecule has 0 saturated heterocycles. The predicted octanol–water partition coefficient (Wildman–Crippen LogP) is 2.93. The average molecular weight is 339 g/mol. The largest absolute Gasteiger partial charge is 0.341 e. The normalized spacial score (nSPS) is 19.7. The second-order valence-electron chi connectivity index (χ2n) is 6.68. The van der Waals surface area contributed by atoms with E-state index in [0.717, 1.165) is 44.1 Å². The van der Waals surface area contributed by atoms with Crippen LogP contribution in [-0.4, -0.2) is 27.8 Å². The van der Waals surface area contributed by atoms with Gasteiger partial charge in [0.05, 0.1) is 18.6 Å². The first-order valence-corrected chi connectivity index (χ1v) is 9.11. The molecule has 0 saturated carbocycles. The van der Waals surface area contributed by atoms with Crippen LogP contribution in [0, 0.1) is 0 Å². The molecule has 1 amide bonds. The summed E-state index contributed by atoms with van der Waals surface area (Å²) in [6.45, 7) is 0.786. The maximum atomic E-state index is 12.6. The Balaban J connectivity index is 1.83. The molecule has 2 heterocycles. The van der Waals surface area contributed by atoms with Crippen molar-refractivity contribution in [2.45, 2.75) is 57.5 Å². The van der Waals surface area contributed by atoms with Crippen molar-refractivity contribution in [3.05, 3.63) is 53.6 Å². The minimum absolute atomic E-state index is 0.234. The first kappa shape index (κ1) is 17.4. The fraction of sp³-hybridized carbons (Fsp3) is 0.450. The number of aldehydes is 1. The molecule has 1 N–H and O–H groups in total. The van der Waals surface area contributed by atoms with Gasteiger partial charge in [0.25, 0.3) is 5.91 Å². The van der Waals surface area contributed by atoms with E-state index in [0.29, 0.717) is 12.1 Å². The number of imidazole rings is 1. The van der Waals surface area contributed by atoms with Crippen LogP contribution in [0.1, 0.15) is 53.7 Å². The maximum absolute atomic E-state index is 12.6. The molecule has 5 nitrogen and oxygen atoms in total. The fourth-order valence-electron chi connectivity index (χ4n) is 3.43. The molecule has 0 fully saturated rings. The third-order valence-corrected chi connectivity index (χ3v) is 4.83. The molecular formula is C20H25N3O2. The summed E-state index contributed by atoms with van der Waals surface area (Å²) in [5, 5.41) is 2.85. The molecule has 25 heavy (non-hydrogen) atoms. The first-order chi connectivity index (χ1) is 12.3. The van der Waals surface area contributed by atoms with Crippen molar-refractivity contribution in [1.82, 2.24) is 14.9 Å². The van der Waals surface area contributed by atoms with Gasteiger partial charge in [0.2, 0.25) is 0 Å². The summed E-state index contributed by atoms with van der Waals surface area (Å²) in [4.78, 5) is 28.2. The van der Waals surface area contributed by atoms with Gasteiger partial charge in [-0.15, -0.1) is 0 Å². The third-order valence-electron chi connectivity index (χ3n) is 4.83. The number of nitrogens with one attached hydrogen (secondary N) is 1. The second-order valence-corrected chi connectivity index (χ2v) is 6.68. The van der Waals surface area contributed by atoms with Gasteiger partial charge in [-0.05, 0) is 36.8 Å². The van der Waals surface area contributed by atoms with E-state index in [4.69, 9.17) is 0 Å². The molecule has 0 aliphatic carbocycles. The average Bonchev–Trinajstić information content (AvgIpc) is 3.09. The molecule has 1 aromatic heterocycles. The molecule has 1 atom stereocenters.